The molecular formula is C47H43N4OPt-3. The van der Waals surface area contributed by atoms with Crippen LogP contribution in [-0.4, -0.2) is 9.55 Å². The summed E-state index contributed by atoms with van der Waals surface area (Å²) in [7, 11) is 0. The van der Waals surface area contributed by atoms with Gasteiger partial charge in [-0.05, 0) is 71.7 Å². The van der Waals surface area contributed by atoms with Crippen LogP contribution in [0.15, 0.2) is 139 Å². The van der Waals surface area contributed by atoms with Gasteiger partial charge < -0.3 is 19.1 Å². The number of pyridine rings is 1. The molecular weight excluding hydrogens is 832 g/mol. The second-order valence-corrected chi connectivity index (χ2v) is 15.2. The van der Waals surface area contributed by atoms with E-state index in [1.807, 2.05) is 24.4 Å². The van der Waals surface area contributed by atoms with Gasteiger partial charge in [-0.2, -0.15) is 12.1 Å². The molecule has 0 unspecified atom stereocenters. The van der Waals surface area contributed by atoms with Gasteiger partial charge in [0.2, 0.25) is 0 Å². The number of para-hydroxylation sites is 1. The summed E-state index contributed by atoms with van der Waals surface area (Å²) in [5, 5.41) is 2.23. The monoisotopic (exact) mass is 874 g/mol. The minimum atomic E-state index is -0.205. The predicted molar refractivity (Wildman–Crippen MR) is 214 cm³/mol. The van der Waals surface area contributed by atoms with Gasteiger partial charge in [-0.25, -0.2) is 4.98 Å². The number of anilines is 2. The van der Waals surface area contributed by atoms with Crippen molar-refractivity contribution in [3.63, 3.8) is 0 Å². The zero-order valence-electron chi connectivity index (χ0n) is 31.2. The Balaban J connectivity index is 0.00000435. The molecule has 1 aliphatic rings. The van der Waals surface area contributed by atoms with Gasteiger partial charge >= 0.3 is 0 Å². The molecule has 5 nitrogen and oxygen atoms in total. The van der Waals surface area contributed by atoms with Crippen molar-refractivity contribution in [1.82, 2.24) is 9.55 Å². The largest absolute Gasteiger partial charge is 0.509 e. The van der Waals surface area contributed by atoms with Gasteiger partial charge in [0.05, 0.1) is 0 Å². The molecule has 6 heteroatoms. The van der Waals surface area contributed by atoms with Crippen LogP contribution in [0.25, 0.3) is 27.6 Å². The maximum absolute atomic E-state index is 6.52. The molecule has 0 bridgehead atoms. The summed E-state index contributed by atoms with van der Waals surface area (Å²) in [6, 6.07) is 49.5. The zero-order valence-corrected chi connectivity index (χ0v) is 33.5. The van der Waals surface area contributed by atoms with Gasteiger partial charge in [0.1, 0.15) is 5.82 Å². The molecule has 0 fully saturated rings. The molecule has 0 radical (unpaired) electrons. The second-order valence-electron chi connectivity index (χ2n) is 15.2. The summed E-state index contributed by atoms with van der Waals surface area (Å²) < 4.78 is 8.72. The summed E-state index contributed by atoms with van der Waals surface area (Å²) in [6.07, 6.45) is 1.91. The first-order valence-electron chi connectivity index (χ1n) is 17.9. The van der Waals surface area contributed by atoms with E-state index in [1.54, 1.807) is 0 Å². The van der Waals surface area contributed by atoms with Crippen molar-refractivity contribution in [1.29, 1.82) is 0 Å². The van der Waals surface area contributed by atoms with Crippen molar-refractivity contribution in [3.8, 4) is 17.3 Å². The number of aromatic nitrogens is 2. The van der Waals surface area contributed by atoms with Gasteiger partial charge in [0.25, 0.3) is 0 Å². The summed E-state index contributed by atoms with van der Waals surface area (Å²) in [5.74, 6) is 2.07. The van der Waals surface area contributed by atoms with E-state index < -0.39 is 0 Å². The van der Waals surface area contributed by atoms with Crippen LogP contribution >= 0.6 is 0 Å². The SMILES string of the molecule is CC1=C(C)N(c2cccc(C(C)(C)C)c2)[CH-]N1c1[c-]c(Oc2[c-]c3c(cc2)c2ccccc2n3-c2cc(C(C)(C)c3ccccc3)ccn2)ccc1.[Pt]. The van der Waals surface area contributed by atoms with Gasteiger partial charge in [-0.3, -0.25) is 0 Å². The Morgan fingerprint density at radius 1 is 0.623 bits per heavy atom. The quantitative estimate of drug-likeness (QED) is 0.149. The summed E-state index contributed by atoms with van der Waals surface area (Å²) in [4.78, 5) is 9.31. The number of fused-ring (bicyclic) bond motifs is 3. The van der Waals surface area contributed by atoms with E-state index in [0.29, 0.717) is 11.5 Å². The smallest absolute Gasteiger partial charge is 0.135 e. The third-order valence-electron chi connectivity index (χ3n) is 10.4. The van der Waals surface area contributed by atoms with Crippen molar-refractivity contribution in [2.24, 2.45) is 0 Å². The minimum Gasteiger partial charge on any atom is -0.509 e. The van der Waals surface area contributed by atoms with Crippen molar-refractivity contribution in [2.75, 3.05) is 9.80 Å². The minimum absolute atomic E-state index is 0. The molecule has 0 amide bonds. The zero-order chi connectivity index (χ0) is 36.2. The fourth-order valence-electron chi connectivity index (χ4n) is 7.14. The van der Waals surface area contributed by atoms with Crippen LogP contribution in [0.5, 0.6) is 11.5 Å². The van der Waals surface area contributed by atoms with Crippen molar-refractivity contribution >= 4 is 33.2 Å². The third-order valence-corrected chi connectivity index (χ3v) is 10.4. The molecule has 0 aliphatic carbocycles. The van der Waals surface area contributed by atoms with E-state index in [9.17, 15) is 0 Å². The Labute approximate surface area is 327 Å². The number of nitrogens with zero attached hydrogens (tertiary/aromatic N) is 4. The Morgan fingerprint density at radius 3 is 2.11 bits per heavy atom. The molecule has 0 spiro atoms. The fourth-order valence-corrected chi connectivity index (χ4v) is 7.14. The number of ether oxygens (including phenoxy) is 1. The maximum atomic E-state index is 6.52. The molecule has 0 atom stereocenters. The van der Waals surface area contributed by atoms with E-state index in [0.717, 1.165) is 44.7 Å². The van der Waals surface area contributed by atoms with Crippen LogP contribution in [0.3, 0.4) is 0 Å². The average molecular weight is 875 g/mol. The molecule has 7 aromatic rings. The van der Waals surface area contributed by atoms with Gasteiger partial charge in [0.15, 0.2) is 0 Å². The summed E-state index contributed by atoms with van der Waals surface area (Å²) in [5.41, 5.74) is 9.93. The van der Waals surface area contributed by atoms with E-state index in [4.69, 9.17) is 9.72 Å². The number of allylic oxidation sites excluding steroid dienone is 2. The first kappa shape index (κ1) is 36.2. The van der Waals surface area contributed by atoms with E-state index >= 15 is 0 Å². The van der Waals surface area contributed by atoms with Crippen LogP contribution < -0.4 is 14.5 Å². The first-order chi connectivity index (χ1) is 25.0. The standard InChI is InChI=1S/C47H43N4O.Pt/c1-32-33(2)50(31-49(32)37-18-13-17-35(27-37)46(3,4)5)38-19-14-20-39(29-38)52-40-23-24-42-41-21-11-12-22-43(41)51(44(42)30-40)45-28-36(25-26-48-45)47(6,7)34-15-9-8-10-16-34;/h8-28,31H,1-7H3;/q-3;. The Morgan fingerprint density at radius 2 is 1.32 bits per heavy atom. The van der Waals surface area contributed by atoms with Crippen LogP contribution in [-0.2, 0) is 31.9 Å². The van der Waals surface area contributed by atoms with Gasteiger partial charge in [-0.15, -0.1) is 48.1 Å². The van der Waals surface area contributed by atoms with Crippen molar-refractivity contribution in [2.45, 2.75) is 59.3 Å². The average Bonchev–Trinajstić information content (AvgIpc) is 3.64. The molecule has 0 N–H and O–H groups in total. The van der Waals surface area contributed by atoms with E-state index in [1.165, 1.54) is 22.4 Å². The number of hydrogen-bond donors (Lipinski definition) is 0. The molecule has 5 aromatic carbocycles. The third kappa shape index (κ3) is 6.68. The molecule has 3 heterocycles. The Bertz CT molecular complexity index is 2470. The molecule has 270 valence electrons. The van der Waals surface area contributed by atoms with Crippen molar-refractivity contribution < 1.29 is 25.8 Å². The molecule has 0 saturated heterocycles. The normalized spacial score (nSPS) is 13.6. The molecule has 1 aliphatic heterocycles. The number of benzene rings is 5. The molecule has 8 rings (SSSR count). The topological polar surface area (TPSA) is 33.5 Å². The second kappa shape index (κ2) is 14.0. The Kier molecular flexibility index (Phi) is 9.59. The number of hydrogen-bond acceptors (Lipinski definition) is 4. The van der Waals surface area contributed by atoms with Gasteiger partial charge in [0, 0.05) is 66.8 Å². The Hall–Kier alpha value is -5.12. The molecule has 0 saturated carbocycles. The van der Waals surface area contributed by atoms with Crippen LogP contribution in [0.2, 0.25) is 0 Å². The van der Waals surface area contributed by atoms with Crippen LogP contribution in [0.1, 0.15) is 65.2 Å². The first-order valence-corrected chi connectivity index (χ1v) is 17.9. The predicted octanol–water partition coefficient (Wildman–Crippen LogP) is 11.9. The van der Waals surface area contributed by atoms with E-state index in [2.05, 4.69) is 185 Å². The van der Waals surface area contributed by atoms with Crippen molar-refractivity contribution in [3.05, 3.63) is 174 Å². The fraction of sp³-hybridized carbons (Fsp3) is 0.191. The van der Waals surface area contributed by atoms with Crippen LogP contribution in [0.4, 0.5) is 11.4 Å². The molecule has 2 aromatic heterocycles. The van der Waals surface area contributed by atoms with E-state index in [-0.39, 0.29) is 31.9 Å². The molecule has 53 heavy (non-hydrogen) atoms. The van der Waals surface area contributed by atoms with Gasteiger partial charge in [-0.1, -0.05) is 101 Å². The summed E-state index contributed by atoms with van der Waals surface area (Å²) in [6.45, 7) is 17.7. The van der Waals surface area contributed by atoms with Crippen LogP contribution in [0, 0.1) is 18.8 Å². The maximum Gasteiger partial charge on any atom is 0.135 e. The summed E-state index contributed by atoms with van der Waals surface area (Å²) >= 11 is 0. The number of rotatable bonds is 7.